The Hall–Kier alpha value is -3.24. The largest absolute Gasteiger partial charge is 0.372 e. The summed E-state index contributed by atoms with van der Waals surface area (Å²) >= 11 is 1.67. The normalized spacial score (nSPS) is 14.2. The Bertz CT molecular complexity index is 1520. The second kappa shape index (κ2) is 7.17. The van der Waals surface area contributed by atoms with Crippen molar-refractivity contribution in [3.63, 3.8) is 0 Å². The summed E-state index contributed by atoms with van der Waals surface area (Å²) in [5.74, 6) is -0.325. The van der Waals surface area contributed by atoms with E-state index in [-0.39, 0.29) is 11.2 Å². The summed E-state index contributed by atoms with van der Waals surface area (Å²) in [6.07, 6.45) is 2.40. The third kappa shape index (κ3) is 3.02. The Morgan fingerprint density at radius 3 is 2.26 bits per heavy atom. The number of anilines is 1. The first kappa shape index (κ1) is 18.5. The van der Waals surface area contributed by atoms with Crippen molar-refractivity contribution in [1.29, 1.82) is 0 Å². The molecule has 0 bridgehead atoms. The lowest BCUT2D eigenvalue weighted by Gasteiger charge is -2.17. The summed E-state index contributed by atoms with van der Waals surface area (Å²) in [5, 5.41) is 3.82. The minimum absolute atomic E-state index is 0.0392. The monoisotopic (exact) mass is 425 g/mol. The van der Waals surface area contributed by atoms with E-state index in [1.54, 1.807) is 17.4 Å². The van der Waals surface area contributed by atoms with E-state index in [1.807, 2.05) is 24.3 Å². The van der Waals surface area contributed by atoms with E-state index in [4.69, 9.17) is 0 Å². The van der Waals surface area contributed by atoms with Crippen LogP contribution in [0.5, 0.6) is 0 Å². The molecule has 1 aliphatic rings. The van der Waals surface area contributed by atoms with E-state index < -0.39 is 0 Å². The maximum atomic E-state index is 14.3. The van der Waals surface area contributed by atoms with Gasteiger partial charge in [0.2, 0.25) is 0 Å². The van der Waals surface area contributed by atoms with E-state index >= 15 is 0 Å². The number of halogens is 1. The first-order valence-corrected chi connectivity index (χ1v) is 11.4. The van der Waals surface area contributed by atoms with Crippen molar-refractivity contribution in [2.24, 2.45) is 0 Å². The van der Waals surface area contributed by atoms with Gasteiger partial charge in [0.15, 0.2) is 5.43 Å². The van der Waals surface area contributed by atoms with Gasteiger partial charge in [0.05, 0.1) is 0 Å². The smallest absolute Gasteiger partial charge is 0.194 e. The average molecular weight is 426 g/mol. The zero-order valence-electron chi connectivity index (χ0n) is 16.9. The molecule has 1 aromatic heterocycles. The van der Waals surface area contributed by atoms with Crippen molar-refractivity contribution in [2.75, 3.05) is 18.0 Å². The van der Waals surface area contributed by atoms with Crippen LogP contribution in [0.15, 0.2) is 77.6 Å². The molecule has 31 heavy (non-hydrogen) atoms. The molecule has 1 aliphatic heterocycles. The zero-order chi connectivity index (χ0) is 20.9. The van der Waals surface area contributed by atoms with Crippen LogP contribution < -0.4 is 10.3 Å². The molecule has 4 heteroatoms. The average Bonchev–Trinajstić information content (AvgIpc) is 3.48. The van der Waals surface area contributed by atoms with Crippen molar-refractivity contribution in [3.8, 4) is 10.4 Å². The highest BCUT2D eigenvalue weighted by Crippen LogP contribution is 2.40. The lowest BCUT2D eigenvalue weighted by atomic mass is 10.1. The van der Waals surface area contributed by atoms with Crippen LogP contribution in [-0.4, -0.2) is 13.1 Å². The molecular weight excluding hydrogens is 405 g/mol. The summed E-state index contributed by atoms with van der Waals surface area (Å²) in [6, 6.07) is 23.0. The number of fused-ring (bicyclic) bond motifs is 5. The molecule has 0 saturated carbocycles. The minimum atomic E-state index is -0.325. The summed E-state index contributed by atoms with van der Waals surface area (Å²) in [6.45, 7) is 2.09. The second-order valence-electron chi connectivity index (χ2n) is 8.16. The van der Waals surface area contributed by atoms with Crippen molar-refractivity contribution in [2.45, 2.75) is 12.8 Å². The molecule has 0 aliphatic carbocycles. The fourth-order valence-electron chi connectivity index (χ4n) is 4.71. The summed E-state index contributed by atoms with van der Waals surface area (Å²) < 4.78 is 15.3. The van der Waals surface area contributed by atoms with Crippen molar-refractivity contribution in [1.82, 2.24) is 0 Å². The summed E-state index contributed by atoms with van der Waals surface area (Å²) in [4.78, 5) is 17.0. The van der Waals surface area contributed by atoms with Crippen LogP contribution in [0.1, 0.15) is 12.8 Å². The molecule has 5 aromatic rings. The molecule has 152 valence electrons. The van der Waals surface area contributed by atoms with Crippen LogP contribution in [0.2, 0.25) is 0 Å². The Morgan fingerprint density at radius 1 is 0.742 bits per heavy atom. The topological polar surface area (TPSA) is 20.3 Å². The maximum Gasteiger partial charge on any atom is 0.194 e. The van der Waals surface area contributed by atoms with Gasteiger partial charge in [-0.05, 0) is 66.3 Å². The fraction of sp³-hybridized carbons (Fsp3) is 0.148. The summed E-state index contributed by atoms with van der Waals surface area (Å²) in [5.41, 5.74) is 2.24. The molecular formula is C27H20FNOS. The van der Waals surface area contributed by atoms with E-state index in [9.17, 15) is 9.18 Å². The van der Waals surface area contributed by atoms with E-state index in [0.717, 1.165) is 44.7 Å². The number of benzene rings is 3. The second-order valence-corrected chi connectivity index (χ2v) is 9.21. The lowest BCUT2D eigenvalue weighted by Crippen LogP contribution is -2.17. The molecule has 6 rings (SSSR count). The van der Waals surface area contributed by atoms with Gasteiger partial charge in [0, 0.05) is 49.9 Å². The van der Waals surface area contributed by atoms with Crippen LogP contribution in [0.4, 0.5) is 10.1 Å². The van der Waals surface area contributed by atoms with E-state index in [0.29, 0.717) is 16.2 Å². The Morgan fingerprint density at radius 2 is 1.45 bits per heavy atom. The van der Waals surface area contributed by atoms with Gasteiger partial charge in [0.1, 0.15) is 5.82 Å². The maximum absolute atomic E-state index is 14.3. The molecule has 2 nitrogen and oxygen atoms in total. The van der Waals surface area contributed by atoms with Crippen LogP contribution in [0.3, 0.4) is 0 Å². The third-order valence-corrected chi connectivity index (χ3v) is 7.49. The fourth-order valence-corrected chi connectivity index (χ4v) is 5.92. The minimum Gasteiger partial charge on any atom is -0.372 e. The van der Waals surface area contributed by atoms with Gasteiger partial charge in [-0.2, -0.15) is 0 Å². The van der Waals surface area contributed by atoms with E-state index in [2.05, 4.69) is 35.2 Å². The van der Waals surface area contributed by atoms with Gasteiger partial charge in [-0.15, -0.1) is 11.3 Å². The number of thiophene rings is 1. The molecule has 0 unspecified atom stereocenters. The van der Waals surface area contributed by atoms with Gasteiger partial charge < -0.3 is 4.90 Å². The highest BCUT2D eigenvalue weighted by molar-refractivity contribution is 7.23. The van der Waals surface area contributed by atoms with Crippen molar-refractivity contribution in [3.05, 3.63) is 88.8 Å². The predicted molar refractivity (Wildman–Crippen MR) is 130 cm³/mol. The lowest BCUT2D eigenvalue weighted by molar-refractivity contribution is 0.630. The van der Waals surface area contributed by atoms with Crippen LogP contribution in [-0.2, 0) is 0 Å². The molecule has 1 fully saturated rings. The van der Waals surface area contributed by atoms with Crippen LogP contribution in [0, 0.1) is 5.82 Å². The molecule has 1 saturated heterocycles. The number of nitrogens with zero attached hydrogens (tertiary/aromatic N) is 1. The van der Waals surface area contributed by atoms with Gasteiger partial charge >= 0.3 is 0 Å². The van der Waals surface area contributed by atoms with Gasteiger partial charge in [0.25, 0.3) is 0 Å². The first-order valence-electron chi connectivity index (χ1n) is 10.6. The molecule has 0 spiro atoms. The van der Waals surface area contributed by atoms with Crippen molar-refractivity contribution >= 4 is 48.7 Å². The zero-order valence-corrected chi connectivity index (χ0v) is 17.7. The van der Waals surface area contributed by atoms with Crippen molar-refractivity contribution < 1.29 is 4.39 Å². The number of hydrogen-bond donors (Lipinski definition) is 0. The quantitative estimate of drug-likeness (QED) is 0.304. The first-order chi connectivity index (χ1) is 15.2. The molecule has 4 aromatic carbocycles. The third-order valence-electron chi connectivity index (χ3n) is 6.27. The Labute approximate surface area is 183 Å². The predicted octanol–water partition coefficient (Wildman–Crippen LogP) is 6.97. The van der Waals surface area contributed by atoms with Gasteiger partial charge in [-0.3, -0.25) is 4.79 Å². The SMILES string of the molecule is O=c1c2ccc(F)cc2c2cc(-c3ccccc3)sc2c2cc(N3CCCC3)ccc12. The van der Waals surface area contributed by atoms with Crippen LogP contribution in [0.25, 0.3) is 42.1 Å². The standard InChI is InChI=1S/C27H20FNOS/c28-18-8-10-20-22(14-18)24-16-25(17-6-2-1-3-7-17)31-27(24)23-15-19(29-12-4-5-13-29)9-11-21(23)26(20)30/h1-3,6-11,14-16H,4-5,12-13H2. The van der Waals surface area contributed by atoms with Gasteiger partial charge in [-0.25, -0.2) is 4.39 Å². The van der Waals surface area contributed by atoms with E-state index in [1.165, 1.54) is 25.0 Å². The molecule has 0 radical (unpaired) electrons. The molecule has 2 heterocycles. The van der Waals surface area contributed by atoms with Crippen LogP contribution >= 0.6 is 11.3 Å². The Balaban J connectivity index is 1.78. The number of rotatable bonds is 2. The highest BCUT2D eigenvalue weighted by Gasteiger charge is 2.17. The molecule has 0 atom stereocenters. The number of hydrogen-bond acceptors (Lipinski definition) is 3. The summed E-state index contributed by atoms with van der Waals surface area (Å²) in [7, 11) is 0. The Kier molecular flexibility index (Phi) is 4.29. The highest BCUT2D eigenvalue weighted by atomic mass is 32.1. The molecule has 0 N–H and O–H groups in total. The van der Waals surface area contributed by atoms with Gasteiger partial charge in [-0.1, -0.05) is 30.3 Å². The molecule has 0 amide bonds.